The van der Waals surface area contributed by atoms with E-state index in [1.807, 2.05) is 0 Å². The van der Waals surface area contributed by atoms with Crippen LogP contribution in [0.3, 0.4) is 0 Å². The van der Waals surface area contributed by atoms with Crippen molar-refractivity contribution in [2.75, 3.05) is 13.2 Å². The maximum absolute atomic E-state index is 11.1. The molecule has 3 heteroatoms. The molecule has 0 aromatic heterocycles. The zero-order chi connectivity index (χ0) is 11.7. The number of carbonyl (C=O) groups excluding carboxylic acids is 1. The Hall–Kier alpha value is -0.830. The predicted molar refractivity (Wildman–Crippen MR) is 60.5 cm³/mol. The van der Waals surface area contributed by atoms with E-state index in [0.717, 1.165) is 19.3 Å². The predicted octanol–water partition coefficient (Wildman–Crippen LogP) is 2.29. The standard InChI is InChI=1S/C12H22O3/c1-4-5-6-11(7-8-13)9-15-12(14)10(2)3/h11,13H,2,4-9H2,1,3H3. The maximum atomic E-state index is 11.1. The number of aliphatic hydroxyl groups excluding tert-OH is 1. The molecule has 15 heavy (non-hydrogen) atoms. The van der Waals surface area contributed by atoms with Gasteiger partial charge in [0.2, 0.25) is 0 Å². The van der Waals surface area contributed by atoms with Gasteiger partial charge < -0.3 is 9.84 Å². The lowest BCUT2D eigenvalue weighted by Gasteiger charge is -2.15. The van der Waals surface area contributed by atoms with Crippen LogP contribution in [-0.4, -0.2) is 24.3 Å². The highest BCUT2D eigenvalue weighted by Crippen LogP contribution is 2.13. The van der Waals surface area contributed by atoms with Crippen LogP contribution in [0, 0.1) is 5.92 Å². The zero-order valence-electron chi connectivity index (χ0n) is 9.79. The highest BCUT2D eigenvalue weighted by molar-refractivity contribution is 5.86. The van der Waals surface area contributed by atoms with Gasteiger partial charge >= 0.3 is 5.97 Å². The second-order valence-electron chi connectivity index (χ2n) is 3.90. The molecular formula is C12H22O3. The summed E-state index contributed by atoms with van der Waals surface area (Å²) in [5.41, 5.74) is 0.424. The third-order valence-electron chi connectivity index (χ3n) is 2.30. The van der Waals surface area contributed by atoms with Gasteiger partial charge in [-0.25, -0.2) is 4.79 Å². The second-order valence-corrected chi connectivity index (χ2v) is 3.90. The molecule has 0 bridgehead atoms. The summed E-state index contributed by atoms with van der Waals surface area (Å²) in [6, 6.07) is 0. The molecule has 0 rings (SSSR count). The molecule has 0 fully saturated rings. The third kappa shape index (κ3) is 7.14. The highest BCUT2D eigenvalue weighted by Gasteiger charge is 2.11. The van der Waals surface area contributed by atoms with Crippen LogP contribution < -0.4 is 0 Å². The lowest BCUT2D eigenvalue weighted by Crippen LogP contribution is -2.15. The number of rotatable bonds is 8. The van der Waals surface area contributed by atoms with Crippen molar-refractivity contribution in [2.45, 2.75) is 39.5 Å². The SMILES string of the molecule is C=C(C)C(=O)OCC(CCO)CCCC. The highest BCUT2D eigenvalue weighted by atomic mass is 16.5. The van der Waals surface area contributed by atoms with E-state index in [9.17, 15) is 4.79 Å². The summed E-state index contributed by atoms with van der Waals surface area (Å²) in [5, 5.41) is 8.85. The lowest BCUT2D eigenvalue weighted by atomic mass is 10.00. The molecule has 0 heterocycles. The van der Waals surface area contributed by atoms with Crippen molar-refractivity contribution in [2.24, 2.45) is 5.92 Å². The van der Waals surface area contributed by atoms with E-state index >= 15 is 0 Å². The topological polar surface area (TPSA) is 46.5 Å². The normalized spacial score (nSPS) is 12.2. The van der Waals surface area contributed by atoms with Crippen LogP contribution in [-0.2, 0) is 9.53 Å². The number of unbranched alkanes of at least 4 members (excludes halogenated alkanes) is 1. The average molecular weight is 214 g/mol. The first-order chi connectivity index (χ1) is 7.11. The van der Waals surface area contributed by atoms with Gasteiger partial charge in [0.05, 0.1) is 6.61 Å². The van der Waals surface area contributed by atoms with Gasteiger partial charge in [-0.2, -0.15) is 0 Å². The molecule has 0 aliphatic carbocycles. The third-order valence-corrected chi connectivity index (χ3v) is 2.30. The molecule has 0 saturated carbocycles. The summed E-state index contributed by atoms with van der Waals surface area (Å²) < 4.78 is 5.07. The van der Waals surface area contributed by atoms with Crippen LogP contribution in [0.15, 0.2) is 12.2 Å². The van der Waals surface area contributed by atoms with Crippen molar-refractivity contribution >= 4 is 5.97 Å². The summed E-state index contributed by atoms with van der Waals surface area (Å²) in [5.74, 6) is -0.0623. The van der Waals surface area contributed by atoms with Crippen LogP contribution in [0.2, 0.25) is 0 Å². The Kier molecular flexibility index (Phi) is 8.01. The number of hydrogen-bond donors (Lipinski definition) is 1. The molecule has 3 nitrogen and oxygen atoms in total. The molecule has 1 N–H and O–H groups in total. The van der Waals surface area contributed by atoms with Crippen molar-refractivity contribution in [3.63, 3.8) is 0 Å². The van der Waals surface area contributed by atoms with Crippen molar-refractivity contribution in [1.82, 2.24) is 0 Å². The second kappa shape index (κ2) is 8.48. The Morgan fingerprint density at radius 2 is 2.13 bits per heavy atom. The van der Waals surface area contributed by atoms with Gasteiger partial charge in [-0.05, 0) is 25.7 Å². The van der Waals surface area contributed by atoms with Crippen LogP contribution in [0.25, 0.3) is 0 Å². The molecule has 0 aliphatic rings. The van der Waals surface area contributed by atoms with Crippen molar-refractivity contribution in [1.29, 1.82) is 0 Å². The fourth-order valence-electron chi connectivity index (χ4n) is 1.30. The quantitative estimate of drug-likeness (QED) is 0.498. The van der Waals surface area contributed by atoms with Gasteiger partial charge in [0, 0.05) is 12.2 Å². The number of ether oxygens (including phenoxy) is 1. The molecule has 0 amide bonds. The smallest absolute Gasteiger partial charge is 0.333 e. The lowest BCUT2D eigenvalue weighted by molar-refractivity contribution is -0.140. The van der Waals surface area contributed by atoms with Gasteiger partial charge in [-0.1, -0.05) is 26.3 Å². The minimum absolute atomic E-state index is 0.152. The largest absolute Gasteiger partial charge is 0.462 e. The van der Waals surface area contributed by atoms with E-state index in [4.69, 9.17) is 9.84 Å². The van der Waals surface area contributed by atoms with Crippen molar-refractivity contribution < 1.29 is 14.6 Å². The van der Waals surface area contributed by atoms with E-state index in [-0.39, 0.29) is 18.5 Å². The zero-order valence-corrected chi connectivity index (χ0v) is 9.79. The number of aliphatic hydroxyl groups is 1. The minimum atomic E-state index is -0.338. The molecule has 1 atom stereocenters. The first kappa shape index (κ1) is 14.2. The molecule has 88 valence electrons. The Bertz CT molecular complexity index is 199. The molecule has 0 aromatic rings. The summed E-state index contributed by atoms with van der Waals surface area (Å²) in [7, 11) is 0. The summed E-state index contributed by atoms with van der Waals surface area (Å²) in [6.07, 6.45) is 3.93. The molecule has 0 spiro atoms. The monoisotopic (exact) mass is 214 g/mol. The number of hydrogen-bond acceptors (Lipinski definition) is 3. The van der Waals surface area contributed by atoms with E-state index in [2.05, 4.69) is 13.5 Å². The molecule has 1 unspecified atom stereocenters. The van der Waals surface area contributed by atoms with Crippen LogP contribution in [0.5, 0.6) is 0 Å². The van der Waals surface area contributed by atoms with Gasteiger partial charge in [0.1, 0.15) is 0 Å². The molecule has 0 radical (unpaired) electrons. The molecule has 0 saturated heterocycles. The summed E-state index contributed by atoms with van der Waals surface area (Å²) in [4.78, 5) is 11.1. The Balaban J connectivity index is 3.83. The fraction of sp³-hybridized carbons (Fsp3) is 0.750. The number of esters is 1. The van der Waals surface area contributed by atoms with E-state index in [1.165, 1.54) is 0 Å². The van der Waals surface area contributed by atoms with Gasteiger partial charge in [-0.15, -0.1) is 0 Å². The first-order valence-electron chi connectivity index (χ1n) is 5.55. The van der Waals surface area contributed by atoms with Gasteiger partial charge in [0.25, 0.3) is 0 Å². The van der Waals surface area contributed by atoms with E-state index < -0.39 is 0 Å². The Morgan fingerprint density at radius 3 is 2.60 bits per heavy atom. The fourth-order valence-corrected chi connectivity index (χ4v) is 1.30. The van der Waals surface area contributed by atoms with Crippen LogP contribution in [0.1, 0.15) is 39.5 Å². The molecule has 0 aliphatic heterocycles. The number of carbonyl (C=O) groups is 1. The summed E-state index contributed by atoms with van der Waals surface area (Å²) in [6.45, 7) is 7.82. The van der Waals surface area contributed by atoms with Gasteiger partial charge in [0.15, 0.2) is 0 Å². The first-order valence-corrected chi connectivity index (χ1v) is 5.55. The molecule has 0 aromatic carbocycles. The Morgan fingerprint density at radius 1 is 1.47 bits per heavy atom. The molecular weight excluding hydrogens is 192 g/mol. The van der Waals surface area contributed by atoms with E-state index in [0.29, 0.717) is 18.6 Å². The minimum Gasteiger partial charge on any atom is -0.462 e. The van der Waals surface area contributed by atoms with Crippen LogP contribution >= 0.6 is 0 Å². The van der Waals surface area contributed by atoms with Crippen molar-refractivity contribution in [3.05, 3.63) is 12.2 Å². The van der Waals surface area contributed by atoms with Gasteiger partial charge in [-0.3, -0.25) is 0 Å². The Labute approximate surface area is 92.1 Å². The summed E-state index contributed by atoms with van der Waals surface area (Å²) >= 11 is 0. The van der Waals surface area contributed by atoms with E-state index in [1.54, 1.807) is 6.92 Å². The van der Waals surface area contributed by atoms with Crippen molar-refractivity contribution in [3.8, 4) is 0 Å². The van der Waals surface area contributed by atoms with Crippen LogP contribution in [0.4, 0.5) is 0 Å². The maximum Gasteiger partial charge on any atom is 0.333 e. The average Bonchev–Trinajstić information content (AvgIpc) is 2.21.